The molecule has 0 aromatic heterocycles. The van der Waals surface area contributed by atoms with E-state index >= 15 is 0 Å². The molecule has 0 bridgehead atoms. The van der Waals surface area contributed by atoms with Gasteiger partial charge in [0.05, 0.1) is 6.61 Å². The van der Waals surface area contributed by atoms with Gasteiger partial charge in [-0.15, -0.1) is 0 Å². The molecule has 3 radical (unpaired) electrons. The summed E-state index contributed by atoms with van der Waals surface area (Å²) in [6.07, 6.45) is 4.03. The Morgan fingerprint density at radius 1 is 0.962 bits per heavy atom. The Kier molecular flexibility index (Phi) is 4.49. The Labute approximate surface area is 159 Å². The summed E-state index contributed by atoms with van der Waals surface area (Å²) in [6, 6.07) is 21.6. The molecule has 1 saturated carbocycles. The van der Waals surface area contributed by atoms with E-state index < -0.39 is 0 Å². The third-order valence-corrected chi connectivity index (χ3v) is 7.35. The molecule has 0 amide bonds. The van der Waals surface area contributed by atoms with Crippen LogP contribution in [0.3, 0.4) is 0 Å². The van der Waals surface area contributed by atoms with Crippen molar-refractivity contribution in [1.29, 1.82) is 0 Å². The maximum Gasteiger partial charge on any atom is 0.111 e. The molecule has 133 valence electrons. The highest BCUT2D eigenvalue weighted by atomic mass is 16.5. The lowest BCUT2D eigenvalue weighted by Gasteiger charge is -2.38. The van der Waals surface area contributed by atoms with E-state index in [-0.39, 0.29) is 14.0 Å². The van der Waals surface area contributed by atoms with Gasteiger partial charge in [0.2, 0.25) is 0 Å². The third-order valence-electron chi connectivity index (χ3n) is 7.35. The van der Waals surface area contributed by atoms with Crippen LogP contribution >= 0.6 is 0 Å². The van der Waals surface area contributed by atoms with Crippen LogP contribution in [-0.4, -0.2) is 31.9 Å². The van der Waals surface area contributed by atoms with Gasteiger partial charge in [0.15, 0.2) is 0 Å². The molecule has 1 aliphatic carbocycles. The maximum absolute atomic E-state index is 6.85. The number of nitrogens with zero attached hydrogens (tertiary/aromatic N) is 1. The average Bonchev–Trinajstić information content (AvgIpc) is 3.25. The molecular formula is C23H27BNO. The molecular weight excluding hydrogens is 317 g/mol. The number of hydrogen-bond acceptors (Lipinski definition) is 2. The SMILES string of the molecule is C[C@@]12[C@H]3CC[C@@H]1[C@@](OCc1ccccc1)(c1ccccc1)CN2CC3.[B]. The van der Waals surface area contributed by atoms with Gasteiger partial charge < -0.3 is 4.74 Å². The largest absolute Gasteiger partial charge is 0.364 e. The van der Waals surface area contributed by atoms with Gasteiger partial charge in [0, 0.05) is 26.4 Å². The molecule has 5 rings (SSSR count). The van der Waals surface area contributed by atoms with E-state index in [1.54, 1.807) is 0 Å². The quantitative estimate of drug-likeness (QED) is 0.770. The minimum absolute atomic E-state index is 0. The van der Waals surface area contributed by atoms with Crippen LogP contribution in [0.25, 0.3) is 0 Å². The van der Waals surface area contributed by atoms with Gasteiger partial charge >= 0.3 is 0 Å². The molecule has 0 unspecified atom stereocenters. The van der Waals surface area contributed by atoms with Crippen LogP contribution in [0.15, 0.2) is 60.7 Å². The first-order valence-electron chi connectivity index (χ1n) is 9.72. The topological polar surface area (TPSA) is 12.5 Å². The zero-order valence-corrected chi connectivity index (χ0v) is 15.6. The minimum Gasteiger partial charge on any atom is -0.364 e. The molecule has 26 heavy (non-hydrogen) atoms. The Morgan fingerprint density at radius 3 is 2.38 bits per heavy atom. The second kappa shape index (κ2) is 6.54. The summed E-state index contributed by atoms with van der Waals surface area (Å²) in [5.41, 5.74) is 2.80. The zero-order chi connectivity index (χ0) is 16.9. The van der Waals surface area contributed by atoms with E-state index in [9.17, 15) is 0 Å². The molecule has 3 aliphatic rings. The summed E-state index contributed by atoms with van der Waals surface area (Å²) in [6.45, 7) is 5.49. The zero-order valence-electron chi connectivity index (χ0n) is 15.6. The van der Waals surface area contributed by atoms with Gasteiger partial charge in [0.25, 0.3) is 0 Å². The summed E-state index contributed by atoms with van der Waals surface area (Å²) in [5, 5.41) is 0. The average molecular weight is 344 g/mol. The number of ether oxygens (including phenoxy) is 1. The molecule has 3 heteroatoms. The Balaban J connectivity index is 0.00000168. The second-order valence-corrected chi connectivity index (χ2v) is 8.29. The van der Waals surface area contributed by atoms with E-state index in [1.807, 2.05) is 0 Å². The first-order valence-corrected chi connectivity index (χ1v) is 9.72. The Hall–Kier alpha value is -1.58. The van der Waals surface area contributed by atoms with Crippen molar-refractivity contribution in [3.63, 3.8) is 0 Å². The van der Waals surface area contributed by atoms with E-state index in [2.05, 4.69) is 72.5 Å². The number of rotatable bonds is 4. The van der Waals surface area contributed by atoms with Crippen LogP contribution in [0, 0.1) is 11.8 Å². The van der Waals surface area contributed by atoms with Gasteiger partial charge in [0.1, 0.15) is 5.60 Å². The fraction of sp³-hybridized carbons (Fsp3) is 0.478. The van der Waals surface area contributed by atoms with Crippen molar-refractivity contribution in [2.45, 2.75) is 43.9 Å². The normalized spacial score (nSPS) is 35.3. The fourth-order valence-corrected chi connectivity index (χ4v) is 6.08. The van der Waals surface area contributed by atoms with E-state index in [0.717, 1.165) is 12.5 Å². The molecule has 2 aliphatic heterocycles. The first kappa shape index (κ1) is 17.8. The number of hydrogen-bond donors (Lipinski definition) is 0. The predicted molar refractivity (Wildman–Crippen MR) is 106 cm³/mol. The van der Waals surface area contributed by atoms with E-state index in [4.69, 9.17) is 4.74 Å². The molecule has 0 N–H and O–H groups in total. The maximum atomic E-state index is 6.85. The minimum atomic E-state index is -0.166. The monoisotopic (exact) mass is 344 g/mol. The van der Waals surface area contributed by atoms with Crippen molar-refractivity contribution < 1.29 is 4.74 Å². The van der Waals surface area contributed by atoms with Crippen molar-refractivity contribution in [3.05, 3.63) is 71.8 Å². The first-order chi connectivity index (χ1) is 12.2. The molecule has 2 nitrogen and oxygen atoms in total. The fourth-order valence-electron chi connectivity index (χ4n) is 6.08. The smallest absolute Gasteiger partial charge is 0.111 e. The summed E-state index contributed by atoms with van der Waals surface area (Å²) in [4.78, 5) is 2.74. The lowest BCUT2D eigenvalue weighted by Crippen LogP contribution is -2.43. The lowest BCUT2D eigenvalue weighted by molar-refractivity contribution is -0.0866. The highest BCUT2D eigenvalue weighted by Gasteiger charge is 2.67. The van der Waals surface area contributed by atoms with Gasteiger partial charge in [-0.3, -0.25) is 4.90 Å². The van der Waals surface area contributed by atoms with Crippen molar-refractivity contribution in [1.82, 2.24) is 4.90 Å². The van der Waals surface area contributed by atoms with Crippen LogP contribution < -0.4 is 0 Å². The number of benzene rings is 2. The standard InChI is InChI=1S/C23H27NO.B/c1-22-19-12-13-21(22)23(17-24(22)15-14-19,20-10-6-3-7-11-20)25-16-18-8-4-2-5-9-18;/h2-11,19,21H,12-17H2,1H3;/t19-,21-,22+,23-;/m0./s1. The van der Waals surface area contributed by atoms with Crippen molar-refractivity contribution in [2.24, 2.45) is 11.8 Å². The van der Waals surface area contributed by atoms with Crippen LogP contribution in [0.1, 0.15) is 37.3 Å². The van der Waals surface area contributed by atoms with Crippen LogP contribution in [0.4, 0.5) is 0 Å². The summed E-state index contributed by atoms with van der Waals surface area (Å²) in [7, 11) is 0. The highest BCUT2D eigenvalue weighted by molar-refractivity contribution is 5.75. The van der Waals surface area contributed by atoms with Gasteiger partial charge in [-0.2, -0.15) is 0 Å². The third kappa shape index (κ3) is 2.40. The van der Waals surface area contributed by atoms with E-state index in [0.29, 0.717) is 18.1 Å². The van der Waals surface area contributed by atoms with Crippen molar-refractivity contribution in [3.8, 4) is 0 Å². The molecule has 3 fully saturated rings. The van der Waals surface area contributed by atoms with Gasteiger partial charge in [-0.05, 0) is 49.8 Å². The van der Waals surface area contributed by atoms with Gasteiger partial charge in [-0.25, -0.2) is 0 Å². The molecule has 2 aromatic carbocycles. The van der Waals surface area contributed by atoms with Crippen LogP contribution in [0.2, 0.25) is 0 Å². The highest BCUT2D eigenvalue weighted by Crippen LogP contribution is 2.62. The molecule has 2 saturated heterocycles. The van der Waals surface area contributed by atoms with Crippen LogP contribution in [0.5, 0.6) is 0 Å². The summed E-state index contributed by atoms with van der Waals surface area (Å²) in [5.74, 6) is 1.45. The lowest BCUT2D eigenvalue weighted by atomic mass is 9.74. The van der Waals surface area contributed by atoms with E-state index in [1.165, 1.54) is 36.9 Å². The molecule has 2 aromatic rings. The second-order valence-electron chi connectivity index (χ2n) is 8.29. The molecule has 2 heterocycles. The van der Waals surface area contributed by atoms with Crippen molar-refractivity contribution >= 4 is 8.41 Å². The summed E-state index contributed by atoms with van der Waals surface area (Å²) < 4.78 is 6.85. The van der Waals surface area contributed by atoms with Crippen molar-refractivity contribution in [2.75, 3.05) is 13.1 Å². The Morgan fingerprint density at radius 2 is 1.65 bits per heavy atom. The molecule has 4 atom stereocenters. The molecule has 0 spiro atoms. The predicted octanol–water partition coefficient (Wildman–Crippen LogP) is 4.22. The van der Waals surface area contributed by atoms with Crippen LogP contribution in [-0.2, 0) is 16.9 Å². The summed E-state index contributed by atoms with van der Waals surface area (Å²) >= 11 is 0. The Bertz CT molecular complexity index is 751. The van der Waals surface area contributed by atoms with Gasteiger partial charge in [-0.1, -0.05) is 60.7 Å².